The van der Waals surface area contributed by atoms with Crippen molar-refractivity contribution in [1.82, 2.24) is 9.80 Å². The average Bonchev–Trinajstić information content (AvgIpc) is 2.91. The van der Waals surface area contributed by atoms with E-state index in [2.05, 4.69) is 0 Å². The molecule has 0 unspecified atom stereocenters. The summed E-state index contributed by atoms with van der Waals surface area (Å²) in [6.07, 6.45) is 1.14. The van der Waals surface area contributed by atoms with Crippen molar-refractivity contribution in [2.75, 3.05) is 50.2 Å². The number of nitrogens with zero attached hydrogens (tertiary/aromatic N) is 2. The average molecular weight is 352 g/mol. The summed E-state index contributed by atoms with van der Waals surface area (Å²) >= 11 is 0. The quantitative estimate of drug-likeness (QED) is 0.592. The normalized spacial score (nSPS) is 30.2. The van der Waals surface area contributed by atoms with Crippen LogP contribution in [-0.2, 0) is 24.5 Å². The lowest BCUT2D eigenvalue weighted by Crippen LogP contribution is -2.42. The number of carbonyl (C=O) groups excluding carboxylic acids is 1. The van der Waals surface area contributed by atoms with Gasteiger partial charge in [0.2, 0.25) is 0 Å². The molecule has 0 radical (unpaired) electrons. The van der Waals surface area contributed by atoms with Crippen molar-refractivity contribution in [2.24, 2.45) is 0 Å². The Balaban J connectivity index is 1.80. The Bertz CT molecular complexity index is 575. The highest BCUT2D eigenvalue weighted by molar-refractivity contribution is 7.91. The fraction of sp³-hybridized carbons (Fsp3) is 0.923. The van der Waals surface area contributed by atoms with Gasteiger partial charge in [-0.2, -0.15) is 0 Å². The van der Waals surface area contributed by atoms with Crippen molar-refractivity contribution in [3.05, 3.63) is 0 Å². The molecule has 2 fully saturated rings. The van der Waals surface area contributed by atoms with E-state index in [1.165, 1.54) is 0 Å². The third kappa shape index (κ3) is 4.74. The molecule has 0 saturated carbocycles. The van der Waals surface area contributed by atoms with Gasteiger partial charge in [-0.15, -0.1) is 0 Å². The van der Waals surface area contributed by atoms with Gasteiger partial charge in [-0.25, -0.2) is 16.8 Å². The van der Waals surface area contributed by atoms with Crippen molar-refractivity contribution in [1.29, 1.82) is 0 Å². The molecule has 0 aromatic carbocycles. The summed E-state index contributed by atoms with van der Waals surface area (Å²) in [6.45, 7) is 0.397. The van der Waals surface area contributed by atoms with Gasteiger partial charge in [0.1, 0.15) is 0 Å². The van der Waals surface area contributed by atoms with Gasteiger partial charge in [-0.1, -0.05) is 0 Å². The van der Waals surface area contributed by atoms with Crippen LogP contribution in [0.3, 0.4) is 0 Å². The number of rotatable bonds is 6. The van der Waals surface area contributed by atoms with Crippen LogP contribution in [0.2, 0.25) is 0 Å². The largest absolute Gasteiger partial charge is 0.297 e. The summed E-state index contributed by atoms with van der Waals surface area (Å²) in [7, 11) is -2.38. The highest BCUT2D eigenvalue weighted by Gasteiger charge is 2.33. The third-order valence-electron chi connectivity index (χ3n) is 4.52. The number of carbonyl (C=O) groups is 1. The van der Waals surface area contributed by atoms with Crippen LogP contribution in [0.4, 0.5) is 0 Å². The van der Waals surface area contributed by atoms with E-state index in [0.29, 0.717) is 12.8 Å². The second kappa shape index (κ2) is 6.54. The number of Topliss-reactive ketones (excluding diaryl/α,β-unsaturated/α-hetero) is 1. The van der Waals surface area contributed by atoms with E-state index in [1.807, 2.05) is 0 Å². The zero-order valence-corrected chi connectivity index (χ0v) is 14.7. The molecule has 7 nitrogen and oxygen atoms in total. The van der Waals surface area contributed by atoms with Crippen molar-refractivity contribution in [3.8, 4) is 0 Å². The van der Waals surface area contributed by atoms with E-state index >= 15 is 0 Å². The van der Waals surface area contributed by atoms with Gasteiger partial charge in [0.25, 0.3) is 0 Å². The van der Waals surface area contributed by atoms with Crippen LogP contribution in [0.25, 0.3) is 0 Å². The zero-order chi connectivity index (χ0) is 16.5. The van der Waals surface area contributed by atoms with E-state index in [4.69, 9.17) is 0 Å². The molecule has 2 aliphatic rings. The van der Waals surface area contributed by atoms with Crippen LogP contribution in [0, 0.1) is 0 Å². The Morgan fingerprint density at radius 1 is 0.864 bits per heavy atom. The lowest BCUT2D eigenvalue weighted by molar-refractivity contribution is -0.121. The molecule has 2 rings (SSSR count). The molecule has 9 heteroatoms. The molecule has 0 amide bonds. The molecule has 0 N–H and O–H groups in total. The monoisotopic (exact) mass is 352 g/mol. The van der Waals surface area contributed by atoms with Crippen LogP contribution < -0.4 is 0 Å². The maximum absolute atomic E-state index is 12.1. The van der Waals surface area contributed by atoms with Crippen molar-refractivity contribution in [2.45, 2.75) is 24.9 Å². The minimum Gasteiger partial charge on any atom is -0.297 e. The van der Waals surface area contributed by atoms with Crippen LogP contribution in [0.5, 0.6) is 0 Å². The summed E-state index contributed by atoms with van der Waals surface area (Å²) in [5.41, 5.74) is 0. The number of hydrogen-bond acceptors (Lipinski definition) is 7. The van der Waals surface area contributed by atoms with E-state index in [1.54, 1.807) is 23.9 Å². The molecule has 2 atom stereocenters. The van der Waals surface area contributed by atoms with E-state index in [9.17, 15) is 21.6 Å². The van der Waals surface area contributed by atoms with E-state index < -0.39 is 19.7 Å². The fourth-order valence-corrected chi connectivity index (χ4v) is 6.72. The summed E-state index contributed by atoms with van der Waals surface area (Å²) < 4.78 is 45.9. The molecule has 0 aromatic rings. The Labute approximate surface area is 132 Å². The third-order valence-corrected chi connectivity index (χ3v) is 8.02. The summed E-state index contributed by atoms with van der Waals surface area (Å²) in [5.74, 6) is 0.603. The number of likely N-dealkylation sites (N-methyl/N-ethyl adjacent to an activating group) is 2. The lowest BCUT2D eigenvalue weighted by Gasteiger charge is -2.26. The predicted molar refractivity (Wildman–Crippen MR) is 84.4 cm³/mol. The smallest absolute Gasteiger partial charge is 0.160 e. The second-order valence-corrected chi connectivity index (χ2v) is 10.9. The molecule has 2 aliphatic heterocycles. The molecule has 0 bridgehead atoms. The fourth-order valence-electron chi connectivity index (χ4n) is 3.11. The van der Waals surface area contributed by atoms with Gasteiger partial charge >= 0.3 is 0 Å². The maximum atomic E-state index is 12.1. The van der Waals surface area contributed by atoms with Crippen molar-refractivity contribution < 1.29 is 21.6 Å². The molecule has 0 aromatic heterocycles. The second-order valence-electron chi connectivity index (χ2n) is 6.48. The Morgan fingerprint density at radius 2 is 1.23 bits per heavy atom. The molecule has 0 aliphatic carbocycles. The van der Waals surface area contributed by atoms with Crippen LogP contribution >= 0.6 is 0 Å². The topological polar surface area (TPSA) is 91.8 Å². The summed E-state index contributed by atoms with van der Waals surface area (Å²) in [5, 5.41) is 0. The van der Waals surface area contributed by atoms with Crippen molar-refractivity contribution >= 4 is 25.5 Å². The first kappa shape index (κ1) is 17.8. The highest BCUT2D eigenvalue weighted by atomic mass is 32.2. The van der Waals surface area contributed by atoms with Crippen LogP contribution in [-0.4, -0.2) is 94.7 Å². The molecule has 2 heterocycles. The minimum absolute atomic E-state index is 0.0152. The SMILES string of the molecule is CN(CC(=O)CN(C)[C@H]1CCS(=O)(=O)C1)[C@@H]1CCS(=O)(=O)C1. The van der Waals surface area contributed by atoms with Crippen LogP contribution in [0.1, 0.15) is 12.8 Å². The first-order valence-electron chi connectivity index (χ1n) is 7.41. The molecule has 22 heavy (non-hydrogen) atoms. The molecule has 0 spiro atoms. The first-order valence-corrected chi connectivity index (χ1v) is 11.1. The lowest BCUT2D eigenvalue weighted by atomic mass is 10.2. The Hall–Kier alpha value is -0.510. The Morgan fingerprint density at radius 3 is 1.50 bits per heavy atom. The van der Waals surface area contributed by atoms with E-state index in [-0.39, 0.29) is 54.0 Å². The summed E-state index contributed by atoms with van der Waals surface area (Å²) in [4.78, 5) is 15.7. The minimum atomic E-state index is -2.96. The highest BCUT2D eigenvalue weighted by Crippen LogP contribution is 2.18. The van der Waals surface area contributed by atoms with Crippen molar-refractivity contribution in [3.63, 3.8) is 0 Å². The Kier molecular flexibility index (Phi) is 5.31. The van der Waals surface area contributed by atoms with Crippen LogP contribution in [0.15, 0.2) is 0 Å². The standard InChI is InChI=1S/C13H24N2O5S2/c1-14(11-3-5-21(17,18)9-11)7-13(16)8-15(2)12-4-6-22(19,20)10-12/h11-12H,3-10H2,1-2H3/t11-,12+. The first-order chi connectivity index (χ1) is 10.1. The molecular formula is C13H24N2O5S2. The zero-order valence-electron chi connectivity index (χ0n) is 13.1. The van der Waals surface area contributed by atoms with E-state index in [0.717, 1.165) is 0 Å². The number of sulfone groups is 2. The van der Waals surface area contributed by atoms with Gasteiger partial charge < -0.3 is 0 Å². The molecule has 2 saturated heterocycles. The summed E-state index contributed by atoms with van der Waals surface area (Å²) in [6, 6.07) is -0.183. The molecule has 128 valence electrons. The number of hydrogen-bond donors (Lipinski definition) is 0. The maximum Gasteiger partial charge on any atom is 0.160 e. The van der Waals surface area contributed by atoms with Gasteiger partial charge in [0, 0.05) is 12.1 Å². The number of ketones is 1. The van der Waals surface area contributed by atoms with Gasteiger partial charge in [0.05, 0.1) is 36.1 Å². The van der Waals surface area contributed by atoms with Gasteiger partial charge in [-0.05, 0) is 26.9 Å². The molecular weight excluding hydrogens is 328 g/mol. The van der Waals surface area contributed by atoms with Gasteiger partial charge in [-0.3, -0.25) is 14.6 Å². The predicted octanol–water partition coefficient (Wildman–Crippen LogP) is -1.21. The van der Waals surface area contributed by atoms with Gasteiger partial charge in [0.15, 0.2) is 25.5 Å².